The molecular formula is C26H26FN3O3S. The van der Waals surface area contributed by atoms with Gasteiger partial charge in [-0.25, -0.2) is 19.3 Å². The molecule has 0 bridgehead atoms. The molecule has 4 aromatic rings. The van der Waals surface area contributed by atoms with Crippen LogP contribution >= 0.6 is 11.3 Å². The second-order valence-electron chi connectivity index (χ2n) is 7.83. The number of aryl methyl sites for hydroxylation is 2. The molecule has 0 aliphatic carbocycles. The molecule has 0 saturated carbocycles. The van der Waals surface area contributed by atoms with Gasteiger partial charge in [-0.1, -0.05) is 6.07 Å². The van der Waals surface area contributed by atoms with Gasteiger partial charge in [-0.05, 0) is 68.1 Å². The highest BCUT2D eigenvalue weighted by Gasteiger charge is 2.23. The number of methoxy groups -OCH3 is 1. The fraction of sp³-hybridized carbons (Fsp3) is 0.308. The Labute approximate surface area is 201 Å². The van der Waals surface area contributed by atoms with Gasteiger partial charge in [-0.2, -0.15) is 0 Å². The number of pyridine rings is 2. The number of thiazole rings is 1. The van der Waals surface area contributed by atoms with Crippen LogP contribution in [0.3, 0.4) is 0 Å². The number of aromatic nitrogens is 3. The van der Waals surface area contributed by atoms with E-state index in [0.717, 1.165) is 46.7 Å². The molecule has 1 aromatic carbocycles. The fourth-order valence-corrected chi connectivity index (χ4v) is 4.73. The van der Waals surface area contributed by atoms with Crippen molar-refractivity contribution in [3.63, 3.8) is 0 Å². The lowest BCUT2D eigenvalue weighted by molar-refractivity contribution is -0.143. The number of carbonyl (C=O) groups is 1. The number of fused-ring (bicyclic) bond motifs is 1. The van der Waals surface area contributed by atoms with E-state index in [2.05, 4.69) is 9.97 Å². The summed E-state index contributed by atoms with van der Waals surface area (Å²) in [7, 11) is 1.42. The highest BCUT2D eigenvalue weighted by Crippen LogP contribution is 2.32. The molecule has 0 aliphatic heterocycles. The minimum Gasteiger partial charge on any atom is -0.494 e. The largest absolute Gasteiger partial charge is 0.494 e. The molecule has 34 heavy (non-hydrogen) atoms. The van der Waals surface area contributed by atoms with Crippen LogP contribution in [0.15, 0.2) is 54.0 Å². The first-order valence-electron chi connectivity index (χ1n) is 11.2. The summed E-state index contributed by atoms with van der Waals surface area (Å²) < 4.78 is 24.5. The molecule has 0 amide bonds. The average Bonchev–Trinajstić information content (AvgIpc) is 3.31. The molecule has 0 spiro atoms. The Hall–Kier alpha value is -3.39. The molecule has 4 rings (SSSR count). The molecule has 1 unspecified atom stereocenters. The predicted molar refractivity (Wildman–Crippen MR) is 130 cm³/mol. The molecule has 6 nitrogen and oxygen atoms in total. The SMILES string of the molecule is CCOC(=O)CC(c1ccc(OC)c(F)c1)c1csc(CCCc2ccc3cccnc3n2)n1. The highest BCUT2D eigenvalue weighted by molar-refractivity contribution is 7.09. The Kier molecular flexibility index (Phi) is 7.80. The number of halogens is 1. The number of carbonyl (C=O) groups excluding carboxylic acids is 1. The zero-order valence-electron chi connectivity index (χ0n) is 19.2. The van der Waals surface area contributed by atoms with Crippen molar-refractivity contribution in [2.24, 2.45) is 0 Å². The fourth-order valence-electron chi connectivity index (χ4n) is 3.83. The Balaban J connectivity index is 1.46. The van der Waals surface area contributed by atoms with Crippen LogP contribution in [-0.4, -0.2) is 34.6 Å². The van der Waals surface area contributed by atoms with E-state index in [-0.39, 0.29) is 18.1 Å². The maximum atomic E-state index is 14.4. The smallest absolute Gasteiger partial charge is 0.306 e. The van der Waals surface area contributed by atoms with Crippen LogP contribution in [0, 0.1) is 5.82 Å². The van der Waals surface area contributed by atoms with Gasteiger partial charge in [0.05, 0.1) is 30.8 Å². The Bertz CT molecular complexity index is 1280. The summed E-state index contributed by atoms with van der Waals surface area (Å²) >= 11 is 1.55. The Morgan fingerprint density at radius 1 is 1.15 bits per heavy atom. The summed E-state index contributed by atoms with van der Waals surface area (Å²) in [4.78, 5) is 26.0. The summed E-state index contributed by atoms with van der Waals surface area (Å²) in [5.41, 5.74) is 3.16. The average molecular weight is 480 g/mol. The van der Waals surface area contributed by atoms with Crippen molar-refractivity contribution in [1.29, 1.82) is 0 Å². The van der Waals surface area contributed by atoms with Gasteiger partial charge in [0.25, 0.3) is 0 Å². The number of nitrogens with zero attached hydrogens (tertiary/aromatic N) is 3. The van der Waals surface area contributed by atoms with Gasteiger partial charge in [0.15, 0.2) is 17.2 Å². The Morgan fingerprint density at radius 2 is 2.03 bits per heavy atom. The zero-order valence-corrected chi connectivity index (χ0v) is 20.0. The topological polar surface area (TPSA) is 74.2 Å². The lowest BCUT2D eigenvalue weighted by atomic mass is 9.93. The zero-order chi connectivity index (χ0) is 23.9. The van der Waals surface area contributed by atoms with Crippen molar-refractivity contribution >= 4 is 28.3 Å². The number of hydrogen-bond acceptors (Lipinski definition) is 7. The minimum absolute atomic E-state index is 0.0940. The summed E-state index contributed by atoms with van der Waals surface area (Å²) in [6.07, 6.45) is 4.33. The molecular weight excluding hydrogens is 453 g/mol. The maximum absolute atomic E-state index is 14.4. The van der Waals surface area contributed by atoms with E-state index >= 15 is 0 Å². The second-order valence-corrected chi connectivity index (χ2v) is 8.77. The van der Waals surface area contributed by atoms with Crippen molar-refractivity contribution in [1.82, 2.24) is 15.0 Å². The normalized spacial score (nSPS) is 12.0. The van der Waals surface area contributed by atoms with Crippen LogP contribution in [-0.2, 0) is 22.4 Å². The summed E-state index contributed by atoms with van der Waals surface area (Å²) in [6.45, 7) is 2.06. The van der Waals surface area contributed by atoms with Gasteiger partial charge < -0.3 is 9.47 Å². The molecule has 176 valence electrons. The van der Waals surface area contributed by atoms with Gasteiger partial charge in [0.1, 0.15) is 0 Å². The van der Waals surface area contributed by atoms with E-state index in [1.807, 2.05) is 29.6 Å². The third kappa shape index (κ3) is 5.75. The van der Waals surface area contributed by atoms with Crippen molar-refractivity contribution in [3.8, 4) is 5.75 Å². The molecule has 0 fully saturated rings. The van der Waals surface area contributed by atoms with E-state index in [0.29, 0.717) is 12.2 Å². The molecule has 3 heterocycles. The van der Waals surface area contributed by atoms with E-state index in [4.69, 9.17) is 14.5 Å². The number of hydrogen-bond donors (Lipinski definition) is 0. The third-order valence-corrected chi connectivity index (χ3v) is 6.45. The molecule has 0 N–H and O–H groups in total. The number of rotatable bonds is 10. The van der Waals surface area contributed by atoms with Crippen LogP contribution < -0.4 is 4.74 Å². The van der Waals surface area contributed by atoms with Crippen molar-refractivity contribution in [2.45, 2.75) is 38.5 Å². The predicted octanol–water partition coefficient (Wildman–Crippen LogP) is 5.49. The first-order chi connectivity index (χ1) is 16.6. The van der Waals surface area contributed by atoms with E-state index < -0.39 is 11.7 Å². The number of benzene rings is 1. The van der Waals surface area contributed by atoms with Gasteiger partial charge in [-0.3, -0.25) is 4.79 Å². The van der Waals surface area contributed by atoms with Crippen molar-refractivity contribution < 1.29 is 18.7 Å². The Morgan fingerprint density at radius 3 is 2.82 bits per heavy atom. The second kappa shape index (κ2) is 11.2. The standard InChI is InChI=1S/C26H26FN3O3S/c1-3-33-25(31)15-20(18-10-12-23(32-2)21(27)14-18)22-16-34-24(30-22)8-4-7-19-11-9-17-6-5-13-28-26(17)29-19/h5-6,9-14,16,20H,3-4,7-8,15H2,1-2H3. The first kappa shape index (κ1) is 23.8. The maximum Gasteiger partial charge on any atom is 0.306 e. The van der Waals surface area contributed by atoms with Crippen LogP contribution in [0.2, 0.25) is 0 Å². The number of ether oxygens (including phenoxy) is 2. The van der Waals surface area contributed by atoms with Gasteiger partial charge in [0, 0.05) is 28.6 Å². The first-order valence-corrected chi connectivity index (χ1v) is 12.1. The molecule has 3 aromatic heterocycles. The quantitative estimate of drug-likeness (QED) is 0.280. The van der Waals surface area contributed by atoms with Crippen molar-refractivity contribution in [2.75, 3.05) is 13.7 Å². The van der Waals surface area contributed by atoms with Crippen LogP contribution in [0.1, 0.15) is 47.6 Å². The summed E-state index contributed by atoms with van der Waals surface area (Å²) in [5, 5.41) is 3.94. The molecule has 0 aliphatic rings. The highest BCUT2D eigenvalue weighted by atomic mass is 32.1. The van der Waals surface area contributed by atoms with Crippen LogP contribution in [0.5, 0.6) is 5.75 Å². The van der Waals surface area contributed by atoms with Gasteiger partial charge >= 0.3 is 5.97 Å². The monoisotopic (exact) mass is 479 g/mol. The van der Waals surface area contributed by atoms with E-state index in [1.54, 1.807) is 36.6 Å². The molecule has 1 atom stereocenters. The third-order valence-electron chi connectivity index (χ3n) is 5.53. The summed E-state index contributed by atoms with van der Waals surface area (Å²) in [5.74, 6) is -1.04. The van der Waals surface area contributed by atoms with Gasteiger partial charge in [0.2, 0.25) is 0 Å². The molecule has 8 heteroatoms. The van der Waals surface area contributed by atoms with Crippen molar-refractivity contribution in [3.05, 3.63) is 81.8 Å². The van der Waals surface area contributed by atoms with E-state index in [9.17, 15) is 9.18 Å². The lowest BCUT2D eigenvalue weighted by Crippen LogP contribution is -2.12. The van der Waals surface area contributed by atoms with Gasteiger partial charge in [-0.15, -0.1) is 11.3 Å². The van der Waals surface area contributed by atoms with Crippen LogP contribution in [0.25, 0.3) is 11.0 Å². The lowest BCUT2D eigenvalue weighted by Gasteiger charge is -2.15. The summed E-state index contributed by atoms with van der Waals surface area (Å²) in [6, 6.07) is 12.7. The molecule has 0 saturated heterocycles. The number of esters is 1. The van der Waals surface area contributed by atoms with Crippen LogP contribution in [0.4, 0.5) is 4.39 Å². The van der Waals surface area contributed by atoms with E-state index in [1.165, 1.54) is 13.2 Å². The minimum atomic E-state index is -0.471. The molecule has 0 radical (unpaired) electrons.